The molecule has 0 saturated carbocycles. The number of carbonyl (C=O) groups is 1. The molecule has 1 aliphatic rings. The molecule has 0 spiro atoms. The summed E-state index contributed by atoms with van der Waals surface area (Å²) in [5.74, 6) is 3.44. The van der Waals surface area contributed by atoms with Gasteiger partial charge in [-0.3, -0.25) is 9.69 Å². The fourth-order valence-electron chi connectivity index (χ4n) is 2.11. The van der Waals surface area contributed by atoms with Crippen LogP contribution in [0.25, 0.3) is 0 Å². The summed E-state index contributed by atoms with van der Waals surface area (Å²) in [6.07, 6.45) is 1.56. The fourth-order valence-corrected chi connectivity index (χ4v) is 3.09. The van der Waals surface area contributed by atoms with Crippen molar-refractivity contribution in [2.75, 3.05) is 45.4 Å². The number of hydrazone groups is 1. The lowest BCUT2D eigenvalue weighted by atomic mass is 10.2. The van der Waals surface area contributed by atoms with E-state index in [0.29, 0.717) is 18.0 Å². The topological polar surface area (TPSA) is 63.2 Å². The van der Waals surface area contributed by atoms with Crippen molar-refractivity contribution in [1.82, 2.24) is 10.3 Å². The van der Waals surface area contributed by atoms with Crippen LogP contribution in [0.1, 0.15) is 5.56 Å². The minimum absolute atomic E-state index is 0.106. The average Bonchev–Trinajstić information content (AvgIpc) is 2.55. The molecular formula is C15H21N3O3S. The summed E-state index contributed by atoms with van der Waals surface area (Å²) >= 11 is 1.92. The van der Waals surface area contributed by atoms with Gasteiger partial charge in [0.2, 0.25) is 0 Å². The van der Waals surface area contributed by atoms with Gasteiger partial charge in [0, 0.05) is 30.2 Å². The summed E-state index contributed by atoms with van der Waals surface area (Å²) in [7, 11) is 3.19. The SMILES string of the molecule is COc1ccc(OC)c(/C=N\NC(=O)CN2CCSCC2)c1. The Bertz CT molecular complexity index is 531. The molecule has 0 unspecified atom stereocenters. The first-order valence-electron chi connectivity index (χ1n) is 7.07. The molecule has 0 aliphatic carbocycles. The molecule has 1 aliphatic heterocycles. The average molecular weight is 323 g/mol. The maximum atomic E-state index is 11.8. The number of benzene rings is 1. The van der Waals surface area contributed by atoms with Gasteiger partial charge in [-0.05, 0) is 18.2 Å². The summed E-state index contributed by atoms with van der Waals surface area (Å²) < 4.78 is 10.4. The van der Waals surface area contributed by atoms with E-state index in [0.717, 1.165) is 30.2 Å². The zero-order chi connectivity index (χ0) is 15.8. The lowest BCUT2D eigenvalue weighted by Crippen LogP contribution is -2.40. The first kappa shape index (κ1) is 16.6. The van der Waals surface area contributed by atoms with Crippen molar-refractivity contribution in [1.29, 1.82) is 0 Å². The molecule has 2 rings (SSSR count). The number of hydrogen-bond donors (Lipinski definition) is 1. The molecule has 1 aromatic rings. The quantitative estimate of drug-likeness (QED) is 0.630. The van der Waals surface area contributed by atoms with E-state index in [1.165, 1.54) is 0 Å². The van der Waals surface area contributed by atoms with Gasteiger partial charge < -0.3 is 9.47 Å². The lowest BCUT2D eigenvalue weighted by molar-refractivity contribution is -0.122. The van der Waals surface area contributed by atoms with Gasteiger partial charge in [-0.2, -0.15) is 16.9 Å². The predicted octanol–water partition coefficient (Wildman–Crippen LogP) is 1.20. The second-order valence-corrected chi connectivity index (χ2v) is 6.01. The number of nitrogens with one attached hydrogen (secondary N) is 1. The van der Waals surface area contributed by atoms with E-state index in [1.807, 2.05) is 17.8 Å². The number of hydrogen-bond acceptors (Lipinski definition) is 6. The summed E-state index contributed by atoms with van der Waals surface area (Å²) in [6.45, 7) is 2.28. The van der Waals surface area contributed by atoms with Crippen LogP contribution in [0.15, 0.2) is 23.3 Å². The standard InChI is InChI=1S/C15H21N3O3S/c1-20-13-3-4-14(21-2)12(9-13)10-16-17-15(19)11-18-5-7-22-8-6-18/h3-4,9-10H,5-8,11H2,1-2H3,(H,17,19)/b16-10-. The van der Waals surface area contributed by atoms with Crippen molar-refractivity contribution in [3.63, 3.8) is 0 Å². The zero-order valence-corrected chi connectivity index (χ0v) is 13.7. The van der Waals surface area contributed by atoms with Crippen LogP contribution in [0.3, 0.4) is 0 Å². The van der Waals surface area contributed by atoms with E-state index in [2.05, 4.69) is 15.4 Å². The highest BCUT2D eigenvalue weighted by molar-refractivity contribution is 7.99. The van der Waals surface area contributed by atoms with Crippen molar-refractivity contribution < 1.29 is 14.3 Å². The second-order valence-electron chi connectivity index (χ2n) is 4.79. The summed E-state index contributed by atoms with van der Waals surface area (Å²) in [5.41, 5.74) is 3.30. The van der Waals surface area contributed by atoms with Gasteiger partial charge in [0.1, 0.15) is 11.5 Å². The molecule has 1 aromatic carbocycles. The molecule has 1 heterocycles. The van der Waals surface area contributed by atoms with E-state index >= 15 is 0 Å². The number of ether oxygens (including phenoxy) is 2. The third-order valence-corrected chi connectivity index (χ3v) is 4.24. The highest BCUT2D eigenvalue weighted by atomic mass is 32.2. The number of thioether (sulfide) groups is 1. The lowest BCUT2D eigenvalue weighted by Gasteiger charge is -2.24. The Morgan fingerprint density at radius 1 is 1.36 bits per heavy atom. The smallest absolute Gasteiger partial charge is 0.254 e. The van der Waals surface area contributed by atoms with Crippen molar-refractivity contribution in [2.45, 2.75) is 0 Å². The van der Waals surface area contributed by atoms with Crippen LogP contribution in [0, 0.1) is 0 Å². The van der Waals surface area contributed by atoms with Crippen molar-refractivity contribution in [3.05, 3.63) is 23.8 Å². The molecule has 1 fully saturated rings. The summed E-state index contributed by atoms with van der Waals surface area (Å²) in [5, 5.41) is 4.00. The molecule has 22 heavy (non-hydrogen) atoms. The van der Waals surface area contributed by atoms with Gasteiger partial charge in [0.15, 0.2) is 0 Å². The molecule has 120 valence electrons. The Kier molecular flexibility index (Phi) is 6.54. The Labute approximate surface area is 134 Å². The van der Waals surface area contributed by atoms with Crippen LogP contribution in [0.5, 0.6) is 11.5 Å². The zero-order valence-electron chi connectivity index (χ0n) is 12.9. The predicted molar refractivity (Wildman–Crippen MR) is 89.0 cm³/mol. The summed E-state index contributed by atoms with van der Waals surface area (Å²) in [4.78, 5) is 14.0. The van der Waals surface area contributed by atoms with Crippen LogP contribution in [0.2, 0.25) is 0 Å². The molecule has 0 radical (unpaired) electrons. The molecule has 1 amide bonds. The number of carbonyl (C=O) groups excluding carboxylic acids is 1. The van der Waals surface area contributed by atoms with Gasteiger partial charge in [0.25, 0.3) is 5.91 Å². The van der Waals surface area contributed by atoms with Gasteiger partial charge in [-0.1, -0.05) is 0 Å². The number of amides is 1. The van der Waals surface area contributed by atoms with Crippen LogP contribution in [0.4, 0.5) is 0 Å². The van der Waals surface area contributed by atoms with E-state index in [9.17, 15) is 4.79 Å². The van der Waals surface area contributed by atoms with Crippen LogP contribution >= 0.6 is 11.8 Å². The first-order chi connectivity index (χ1) is 10.7. The maximum absolute atomic E-state index is 11.8. The molecule has 0 bridgehead atoms. The molecule has 1 saturated heterocycles. The van der Waals surface area contributed by atoms with Crippen LogP contribution in [-0.2, 0) is 4.79 Å². The fraction of sp³-hybridized carbons (Fsp3) is 0.467. The number of nitrogens with zero attached hydrogens (tertiary/aromatic N) is 2. The molecule has 6 nitrogen and oxygen atoms in total. The van der Waals surface area contributed by atoms with Crippen molar-refractivity contribution in [2.24, 2.45) is 5.10 Å². The van der Waals surface area contributed by atoms with Crippen molar-refractivity contribution in [3.8, 4) is 11.5 Å². The Hall–Kier alpha value is -1.73. The summed E-state index contributed by atoms with van der Waals surface area (Å²) in [6, 6.07) is 5.41. The molecule has 7 heteroatoms. The molecule has 1 N–H and O–H groups in total. The Balaban J connectivity index is 1.89. The van der Waals surface area contributed by atoms with Crippen LogP contribution < -0.4 is 14.9 Å². The third-order valence-electron chi connectivity index (χ3n) is 3.30. The van der Waals surface area contributed by atoms with E-state index in [1.54, 1.807) is 32.6 Å². The number of methoxy groups -OCH3 is 2. The molecular weight excluding hydrogens is 302 g/mol. The van der Waals surface area contributed by atoms with Crippen molar-refractivity contribution >= 4 is 23.9 Å². The minimum Gasteiger partial charge on any atom is -0.497 e. The highest BCUT2D eigenvalue weighted by Gasteiger charge is 2.13. The van der Waals surface area contributed by atoms with E-state index in [4.69, 9.17) is 9.47 Å². The molecule has 0 atom stereocenters. The van der Waals surface area contributed by atoms with Gasteiger partial charge in [0.05, 0.1) is 27.0 Å². The second kappa shape index (κ2) is 8.65. The van der Waals surface area contributed by atoms with Crippen LogP contribution in [-0.4, -0.2) is 62.4 Å². The highest BCUT2D eigenvalue weighted by Crippen LogP contribution is 2.22. The third kappa shape index (κ3) is 4.92. The maximum Gasteiger partial charge on any atom is 0.254 e. The number of rotatable bonds is 6. The van der Waals surface area contributed by atoms with Gasteiger partial charge in [-0.25, -0.2) is 5.43 Å². The molecule has 0 aromatic heterocycles. The monoisotopic (exact) mass is 323 g/mol. The largest absolute Gasteiger partial charge is 0.497 e. The first-order valence-corrected chi connectivity index (χ1v) is 8.22. The minimum atomic E-state index is -0.106. The normalized spacial score (nSPS) is 15.7. The Morgan fingerprint density at radius 3 is 2.82 bits per heavy atom. The Morgan fingerprint density at radius 2 is 2.14 bits per heavy atom. The van der Waals surface area contributed by atoms with E-state index < -0.39 is 0 Å². The van der Waals surface area contributed by atoms with E-state index in [-0.39, 0.29) is 5.91 Å². The van der Waals surface area contributed by atoms with Gasteiger partial charge in [-0.15, -0.1) is 0 Å². The van der Waals surface area contributed by atoms with Gasteiger partial charge >= 0.3 is 0 Å².